The molecule has 0 spiro atoms. The molecule has 2 aromatic rings. The first-order chi connectivity index (χ1) is 8.87. The zero-order valence-corrected chi connectivity index (χ0v) is 12.8. The molecule has 0 saturated carbocycles. The van der Waals surface area contributed by atoms with E-state index >= 15 is 0 Å². The fraction of sp³-hybridized carbons (Fsp3) is 0.429. The van der Waals surface area contributed by atoms with Crippen molar-refractivity contribution in [1.82, 2.24) is 9.88 Å². The Bertz CT molecular complexity index is 613. The molecular formula is C14H21N2O2P. The first-order valence-corrected chi connectivity index (χ1v) is 8.87. The van der Waals surface area contributed by atoms with E-state index in [4.69, 9.17) is 4.52 Å². The summed E-state index contributed by atoms with van der Waals surface area (Å²) in [7, 11) is 1.56. The van der Waals surface area contributed by atoms with E-state index in [1.54, 1.807) is 13.3 Å². The van der Waals surface area contributed by atoms with Crippen molar-refractivity contribution < 1.29 is 9.09 Å². The maximum absolute atomic E-state index is 11.9. The van der Waals surface area contributed by atoms with E-state index in [-0.39, 0.29) is 0 Å². The summed E-state index contributed by atoms with van der Waals surface area (Å²) in [5.41, 5.74) is 2.23. The molecule has 0 radical (unpaired) electrons. The highest BCUT2D eigenvalue weighted by Crippen LogP contribution is 2.42. The molecule has 0 aliphatic rings. The second-order valence-corrected chi connectivity index (χ2v) is 8.08. The van der Waals surface area contributed by atoms with E-state index in [0.29, 0.717) is 5.75 Å². The maximum Gasteiger partial charge on any atom is 0.242 e. The zero-order chi connectivity index (χ0) is 14.0. The standard InChI is InChI=1S/C14H21N2O2P/c1-16(2)9-8-11-10-15-12-6-5-7-13(14(11)12)18-19(3,4)17/h5-7,10,15H,8-9H2,1-4H3. The van der Waals surface area contributed by atoms with Crippen LogP contribution < -0.4 is 4.52 Å². The van der Waals surface area contributed by atoms with Crippen LogP contribution in [-0.2, 0) is 11.0 Å². The van der Waals surface area contributed by atoms with E-state index in [1.807, 2.05) is 24.4 Å². The monoisotopic (exact) mass is 280 g/mol. The van der Waals surface area contributed by atoms with Crippen molar-refractivity contribution in [2.45, 2.75) is 6.42 Å². The van der Waals surface area contributed by atoms with Crippen LogP contribution >= 0.6 is 7.37 Å². The summed E-state index contributed by atoms with van der Waals surface area (Å²) in [5.74, 6) is 0.709. The number of aromatic amines is 1. The van der Waals surface area contributed by atoms with E-state index in [9.17, 15) is 4.57 Å². The van der Waals surface area contributed by atoms with Gasteiger partial charge in [-0.2, -0.15) is 0 Å². The third-order valence-corrected chi connectivity index (χ3v) is 3.53. The third kappa shape index (κ3) is 3.62. The van der Waals surface area contributed by atoms with Crippen molar-refractivity contribution in [1.29, 1.82) is 0 Å². The van der Waals surface area contributed by atoms with E-state index in [1.165, 1.54) is 5.56 Å². The highest BCUT2D eigenvalue weighted by atomic mass is 31.2. The normalized spacial score (nSPS) is 12.3. The van der Waals surface area contributed by atoms with Gasteiger partial charge >= 0.3 is 0 Å². The summed E-state index contributed by atoms with van der Waals surface area (Å²) in [4.78, 5) is 5.40. The van der Waals surface area contributed by atoms with Crippen molar-refractivity contribution in [2.75, 3.05) is 34.0 Å². The predicted octanol–water partition coefficient (Wildman–Crippen LogP) is 3.19. The second-order valence-electron chi connectivity index (χ2n) is 5.39. The Morgan fingerprint density at radius 1 is 1.32 bits per heavy atom. The fourth-order valence-electron chi connectivity index (χ4n) is 2.07. The Labute approximate surface area is 114 Å². The molecule has 0 saturated heterocycles. The van der Waals surface area contributed by atoms with Gasteiger partial charge in [-0.25, -0.2) is 0 Å². The zero-order valence-electron chi connectivity index (χ0n) is 11.9. The Balaban J connectivity index is 2.40. The molecule has 0 amide bonds. The SMILES string of the molecule is CN(C)CCc1c[nH]c2cccc(OP(C)(C)=O)c12. The van der Waals surface area contributed by atoms with Crippen LogP contribution in [0.25, 0.3) is 10.9 Å². The molecule has 0 bridgehead atoms. The second kappa shape index (κ2) is 5.40. The lowest BCUT2D eigenvalue weighted by atomic mass is 10.1. The minimum Gasteiger partial charge on any atom is -0.442 e. The minimum absolute atomic E-state index is 0.709. The number of nitrogens with one attached hydrogen (secondary N) is 1. The molecule has 4 nitrogen and oxygen atoms in total. The molecule has 19 heavy (non-hydrogen) atoms. The van der Waals surface area contributed by atoms with Gasteiger partial charge in [-0.1, -0.05) is 6.07 Å². The summed E-state index contributed by atoms with van der Waals surface area (Å²) in [6.07, 6.45) is 2.95. The average molecular weight is 280 g/mol. The molecule has 1 aromatic carbocycles. The van der Waals surface area contributed by atoms with E-state index in [2.05, 4.69) is 24.0 Å². The van der Waals surface area contributed by atoms with Gasteiger partial charge in [0.15, 0.2) is 0 Å². The molecule has 1 aromatic heterocycles. The van der Waals surface area contributed by atoms with Crippen LogP contribution in [0.5, 0.6) is 5.75 Å². The van der Waals surface area contributed by atoms with Crippen molar-refractivity contribution in [3.63, 3.8) is 0 Å². The third-order valence-electron chi connectivity index (χ3n) is 2.90. The van der Waals surface area contributed by atoms with Gasteiger partial charge in [0.1, 0.15) is 5.75 Å². The summed E-state index contributed by atoms with van der Waals surface area (Å²) >= 11 is 0. The van der Waals surface area contributed by atoms with Gasteiger partial charge in [0.05, 0.1) is 0 Å². The van der Waals surface area contributed by atoms with E-state index < -0.39 is 7.37 Å². The van der Waals surface area contributed by atoms with Gasteiger partial charge < -0.3 is 14.4 Å². The quantitative estimate of drug-likeness (QED) is 0.855. The lowest BCUT2D eigenvalue weighted by Crippen LogP contribution is -2.14. The van der Waals surface area contributed by atoms with Crippen LogP contribution in [0.1, 0.15) is 5.56 Å². The molecule has 0 atom stereocenters. The van der Waals surface area contributed by atoms with Gasteiger partial charge in [0.25, 0.3) is 0 Å². The number of nitrogens with zero attached hydrogens (tertiary/aromatic N) is 1. The molecular weight excluding hydrogens is 259 g/mol. The van der Waals surface area contributed by atoms with Gasteiger partial charge in [-0.3, -0.25) is 4.57 Å². The highest BCUT2D eigenvalue weighted by molar-refractivity contribution is 7.57. The summed E-state index contributed by atoms with van der Waals surface area (Å²) in [6, 6.07) is 5.81. The average Bonchev–Trinajstić information content (AvgIpc) is 2.68. The Hall–Kier alpha value is -1.25. The van der Waals surface area contributed by atoms with Crippen LogP contribution in [0.2, 0.25) is 0 Å². The Kier molecular flexibility index (Phi) is 4.02. The van der Waals surface area contributed by atoms with Crippen LogP contribution in [0.4, 0.5) is 0 Å². The first-order valence-electron chi connectivity index (χ1n) is 6.35. The Morgan fingerprint density at radius 2 is 2.05 bits per heavy atom. The van der Waals surface area contributed by atoms with Crippen LogP contribution in [-0.4, -0.2) is 43.9 Å². The smallest absolute Gasteiger partial charge is 0.242 e. The molecule has 2 rings (SSSR count). The molecule has 1 heterocycles. The molecule has 0 aliphatic carbocycles. The lowest BCUT2D eigenvalue weighted by molar-refractivity contribution is 0.414. The van der Waals surface area contributed by atoms with Crippen molar-refractivity contribution in [3.05, 3.63) is 30.0 Å². The number of rotatable bonds is 5. The van der Waals surface area contributed by atoms with Crippen molar-refractivity contribution in [3.8, 4) is 5.75 Å². The maximum atomic E-state index is 11.9. The number of likely N-dealkylation sites (N-methyl/N-ethyl adjacent to an activating group) is 1. The van der Waals surface area contributed by atoms with Gasteiger partial charge in [-0.15, -0.1) is 0 Å². The lowest BCUT2D eigenvalue weighted by Gasteiger charge is -2.13. The van der Waals surface area contributed by atoms with Crippen molar-refractivity contribution >= 4 is 18.3 Å². The fourth-order valence-corrected chi connectivity index (χ4v) is 2.70. The molecule has 5 heteroatoms. The molecule has 0 aliphatic heterocycles. The molecule has 0 unspecified atom stereocenters. The summed E-state index contributed by atoms with van der Waals surface area (Å²) in [5, 5.41) is 1.05. The van der Waals surface area contributed by atoms with Gasteiger partial charge in [0.2, 0.25) is 7.37 Å². The molecule has 104 valence electrons. The molecule has 1 N–H and O–H groups in total. The Morgan fingerprint density at radius 3 is 2.68 bits per heavy atom. The van der Waals surface area contributed by atoms with Gasteiger partial charge in [0, 0.05) is 37.0 Å². The number of hydrogen-bond donors (Lipinski definition) is 1. The first kappa shape index (κ1) is 14.2. The predicted molar refractivity (Wildman–Crippen MR) is 80.6 cm³/mol. The highest BCUT2D eigenvalue weighted by Gasteiger charge is 2.15. The van der Waals surface area contributed by atoms with Crippen molar-refractivity contribution in [2.24, 2.45) is 0 Å². The number of aromatic nitrogens is 1. The van der Waals surface area contributed by atoms with Crippen LogP contribution in [0.3, 0.4) is 0 Å². The van der Waals surface area contributed by atoms with E-state index in [0.717, 1.165) is 23.9 Å². The molecule has 0 fully saturated rings. The summed E-state index contributed by atoms with van der Waals surface area (Å²) in [6.45, 7) is 4.24. The van der Waals surface area contributed by atoms with Crippen LogP contribution in [0, 0.1) is 0 Å². The number of H-pyrrole nitrogens is 1. The minimum atomic E-state index is -2.55. The largest absolute Gasteiger partial charge is 0.442 e. The topological polar surface area (TPSA) is 45.3 Å². The summed E-state index contributed by atoms with van der Waals surface area (Å²) < 4.78 is 17.5. The van der Waals surface area contributed by atoms with Gasteiger partial charge in [-0.05, 0) is 38.2 Å². The van der Waals surface area contributed by atoms with Crippen LogP contribution in [0.15, 0.2) is 24.4 Å². The number of benzene rings is 1. The number of fused-ring (bicyclic) bond motifs is 1. The number of hydrogen-bond acceptors (Lipinski definition) is 3.